The number of nitrogens with zero attached hydrogens (tertiary/aromatic N) is 2. The first-order chi connectivity index (χ1) is 8.88. The van der Waals surface area contributed by atoms with Gasteiger partial charge >= 0.3 is 0 Å². The molecule has 0 aliphatic carbocycles. The van der Waals surface area contributed by atoms with Crippen LogP contribution < -0.4 is 0 Å². The molecule has 1 aromatic rings. The third kappa shape index (κ3) is 3.55. The topological polar surface area (TPSA) is 40.6 Å². The Balaban J connectivity index is 2.08. The van der Waals surface area contributed by atoms with Crippen molar-refractivity contribution in [2.45, 2.75) is 32.5 Å². The molecule has 0 saturated carbocycles. The molecule has 0 N–H and O–H groups in total. The lowest BCUT2D eigenvalue weighted by atomic mass is 10.1. The van der Waals surface area contributed by atoms with Crippen LogP contribution in [0.2, 0.25) is 0 Å². The molecule has 2 atom stereocenters. The van der Waals surface area contributed by atoms with Crippen LogP contribution in [0.15, 0.2) is 30.3 Å². The molecule has 2 unspecified atom stereocenters. The van der Waals surface area contributed by atoms with Crippen molar-refractivity contribution >= 4 is 10.0 Å². The Kier molecular flexibility index (Phi) is 4.28. The summed E-state index contributed by atoms with van der Waals surface area (Å²) in [6.45, 7) is 6.22. The molecular weight excluding hydrogens is 260 g/mol. The van der Waals surface area contributed by atoms with E-state index < -0.39 is 10.0 Å². The summed E-state index contributed by atoms with van der Waals surface area (Å²) >= 11 is 0. The van der Waals surface area contributed by atoms with E-state index in [4.69, 9.17) is 0 Å². The minimum atomic E-state index is -3.08. The van der Waals surface area contributed by atoms with E-state index in [9.17, 15) is 8.42 Å². The summed E-state index contributed by atoms with van der Waals surface area (Å²) in [6.07, 6.45) is 1.29. The van der Waals surface area contributed by atoms with Crippen molar-refractivity contribution in [2.75, 3.05) is 19.3 Å². The maximum absolute atomic E-state index is 11.6. The number of benzene rings is 1. The fraction of sp³-hybridized carbons (Fsp3) is 0.571. The highest BCUT2D eigenvalue weighted by atomic mass is 32.2. The van der Waals surface area contributed by atoms with Gasteiger partial charge in [0.2, 0.25) is 10.0 Å². The molecule has 1 heterocycles. The second kappa shape index (κ2) is 5.61. The Morgan fingerprint density at radius 1 is 1.11 bits per heavy atom. The molecule has 1 saturated heterocycles. The van der Waals surface area contributed by atoms with Gasteiger partial charge in [-0.2, -0.15) is 4.31 Å². The highest BCUT2D eigenvalue weighted by Gasteiger charge is 2.33. The zero-order valence-corrected chi connectivity index (χ0v) is 12.6. The summed E-state index contributed by atoms with van der Waals surface area (Å²) in [6, 6.07) is 10.8. The summed E-state index contributed by atoms with van der Waals surface area (Å²) in [7, 11) is -3.08. The molecule has 106 valence electrons. The first-order valence-corrected chi connectivity index (χ1v) is 8.47. The molecule has 1 fully saturated rings. The fourth-order valence-electron chi connectivity index (χ4n) is 2.68. The Hall–Kier alpha value is -0.910. The van der Waals surface area contributed by atoms with Gasteiger partial charge in [0.15, 0.2) is 0 Å². The standard InChI is InChI=1S/C14H22N2O2S/c1-12-9-15(19(3,17)18)10-13(2)16(12)11-14-7-5-4-6-8-14/h4-8,12-13H,9-11H2,1-3H3. The molecule has 1 aliphatic rings. The number of piperazine rings is 1. The molecule has 5 heteroatoms. The second-order valence-corrected chi connectivity index (χ2v) is 7.42. The van der Waals surface area contributed by atoms with E-state index in [1.165, 1.54) is 11.8 Å². The number of sulfonamides is 1. The van der Waals surface area contributed by atoms with Gasteiger partial charge in [0.05, 0.1) is 6.26 Å². The van der Waals surface area contributed by atoms with E-state index in [0.717, 1.165) is 6.54 Å². The quantitative estimate of drug-likeness (QED) is 0.844. The first-order valence-electron chi connectivity index (χ1n) is 6.62. The van der Waals surface area contributed by atoms with Crippen LogP contribution in [-0.4, -0.2) is 49.1 Å². The Morgan fingerprint density at radius 3 is 2.11 bits per heavy atom. The van der Waals surface area contributed by atoms with Crippen LogP contribution in [0.5, 0.6) is 0 Å². The van der Waals surface area contributed by atoms with Gasteiger partial charge in [-0.25, -0.2) is 8.42 Å². The van der Waals surface area contributed by atoms with Crippen LogP contribution in [0, 0.1) is 0 Å². The average Bonchev–Trinajstić information content (AvgIpc) is 2.33. The first kappa shape index (κ1) is 14.5. The molecule has 1 aliphatic heterocycles. The summed E-state index contributed by atoms with van der Waals surface area (Å²) in [5, 5.41) is 0. The van der Waals surface area contributed by atoms with Gasteiger partial charge in [0.1, 0.15) is 0 Å². The summed E-state index contributed by atoms with van der Waals surface area (Å²) in [4.78, 5) is 2.37. The number of hydrogen-bond donors (Lipinski definition) is 0. The normalized spacial score (nSPS) is 26.5. The van der Waals surface area contributed by atoms with Gasteiger partial charge in [-0.05, 0) is 19.4 Å². The van der Waals surface area contributed by atoms with E-state index >= 15 is 0 Å². The lowest BCUT2D eigenvalue weighted by molar-refractivity contribution is 0.0702. The monoisotopic (exact) mass is 282 g/mol. The molecule has 1 aromatic carbocycles. The zero-order chi connectivity index (χ0) is 14.0. The largest absolute Gasteiger partial charge is 0.291 e. The minimum absolute atomic E-state index is 0.235. The second-order valence-electron chi connectivity index (χ2n) is 5.44. The van der Waals surface area contributed by atoms with Crippen molar-refractivity contribution in [1.82, 2.24) is 9.21 Å². The summed E-state index contributed by atoms with van der Waals surface area (Å²) in [5.41, 5.74) is 1.27. The lowest BCUT2D eigenvalue weighted by Crippen LogP contribution is -2.57. The Labute approximate surface area is 116 Å². The number of hydrogen-bond acceptors (Lipinski definition) is 3. The van der Waals surface area contributed by atoms with Crippen LogP contribution in [0.3, 0.4) is 0 Å². The summed E-state index contributed by atoms with van der Waals surface area (Å²) < 4.78 is 24.9. The molecule has 0 spiro atoms. The maximum atomic E-state index is 11.6. The van der Waals surface area contributed by atoms with Crippen LogP contribution >= 0.6 is 0 Å². The molecular formula is C14H22N2O2S. The van der Waals surface area contributed by atoms with Gasteiger partial charge in [-0.3, -0.25) is 4.90 Å². The molecule has 19 heavy (non-hydrogen) atoms. The van der Waals surface area contributed by atoms with Crippen LogP contribution in [-0.2, 0) is 16.6 Å². The van der Waals surface area contributed by atoms with Crippen LogP contribution in [0.1, 0.15) is 19.4 Å². The van der Waals surface area contributed by atoms with Crippen LogP contribution in [0.4, 0.5) is 0 Å². The molecule has 0 radical (unpaired) electrons. The number of rotatable bonds is 3. The van der Waals surface area contributed by atoms with Crippen molar-refractivity contribution in [3.63, 3.8) is 0 Å². The fourth-order valence-corrected chi connectivity index (χ4v) is 3.66. The highest BCUT2D eigenvalue weighted by molar-refractivity contribution is 7.88. The van der Waals surface area contributed by atoms with Gasteiger partial charge in [0, 0.05) is 31.7 Å². The third-order valence-corrected chi connectivity index (χ3v) is 4.98. The Morgan fingerprint density at radius 2 is 1.63 bits per heavy atom. The predicted octanol–water partition coefficient (Wildman–Crippen LogP) is 1.54. The van der Waals surface area contributed by atoms with Crippen molar-refractivity contribution in [3.8, 4) is 0 Å². The van der Waals surface area contributed by atoms with Gasteiger partial charge in [-0.15, -0.1) is 0 Å². The van der Waals surface area contributed by atoms with Gasteiger partial charge in [0.25, 0.3) is 0 Å². The lowest BCUT2D eigenvalue weighted by Gasteiger charge is -2.43. The molecule has 0 amide bonds. The molecule has 2 rings (SSSR count). The van der Waals surface area contributed by atoms with Crippen LogP contribution in [0.25, 0.3) is 0 Å². The van der Waals surface area contributed by atoms with E-state index in [1.54, 1.807) is 4.31 Å². The smallest absolute Gasteiger partial charge is 0.211 e. The van der Waals surface area contributed by atoms with Crippen molar-refractivity contribution < 1.29 is 8.42 Å². The van der Waals surface area contributed by atoms with E-state index in [0.29, 0.717) is 13.1 Å². The van der Waals surface area contributed by atoms with Gasteiger partial charge < -0.3 is 0 Å². The SMILES string of the molecule is CC1CN(S(C)(=O)=O)CC(C)N1Cc1ccccc1. The molecule has 4 nitrogen and oxygen atoms in total. The predicted molar refractivity (Wildman–Crippen MR) is 77.3 cm³/mol. The maximum Gasteiger partial charge on any atom is 0.211 e. The van der Waals surface area contributed by atoms with E-state index in [2.05, 4.69) is 30.9 Å². The third-order valence-electron chi connectivity index (χ3n) is 3.75. The molecule has 0 aromatic heterocycles. The molecule has 0 bridgehead atoms. The zero-order valence-electron chi connectivity index (χ0n) is 11.8. The van der Waals surface area contributed by atoms with Gasteiger partial charge in [-0.1, -0.05) is 30.3 Å². The average molecular weight is 282 g/mol. The van der Waals surface area contributed by atoms with E-state index in [-0.39, 0.29) is 12.1 Å². The van der Waals surface area contributed by atoms with Crippen molar-refractivity contribution in [2.24, 2.45) is 0 Å². The van der Waals surface area contributed by atoms with Crippen molar-refractivity contribution in [3.05, 3.63) is 35.9 Å². The van der Waals surface area contributed by atoms with Crippen molar-refractivity contribution in [1.29, 1.82) is 0 Å². The Bertz CT molecular complexity index is 504. The minimum Gasteiger partial charge on any atom is -0.291 e. The van der Waals surface area contributed by atoms with E-state index in [1.807, 2.05) is 18.2 Å². The summed E-state index contributed by atoms with van der Waals surface area (Å²) in [5.74, 6) is 0. The highest BCUT2D eigenvalue weighted by Crippen LogP contribution is 2.20.